The van der Waals surface area contributed by atoms with Crippen molar-refractivity contribution in [3.63, 3.8) is 0 Å². The Balaban J connectivity index is 2.93. The van der Waals surface area contributed by atoms with Crippen LogP contribution < -0.4 is 11.3 Å². The second kappa shape index (κ2) is 3.93. The van der Waals surface area contributed by atoms with Crippen LogP contribution in [0.4, 0.5) is 10.1 Å². The van der Waals surface area contributed by atoms with Gasteiger partial charge < -0.3 is 5.43 Å². The highest BCUT2D eigenvalue weighted by Crippen LogP contribution is 2.30. The number of aromatic nitrogens is 1. The Morgan fingerprint density at radius 2 is 2.25 bits per heavy atom. The van der Waals surface area contributed by atoms with E-state index in [0.717, 1.165) is 6.07 Å². The molecular formula is C10H6ClFN4. The fraction of sp³-hybridized carbons (Fsp3) is 0. The third-order valence-electron chi connectivity index (χ3n) is 2.15. The largest absolute Gasteiger partial charge is 0.322 e. The van der Waals surface area contributed by atoms with Gasteiger partial charge in [-0.3, -0.25) is 10.8 Å². The Hall–Kier alpha value is -1.90. The lowest BCUT2D eigenvalue weighted by Crippen LogP contribution is -2.09. The van der Waals surface area contributed by atoms with Gasteiger partial charge in [-0.2, -0.15) is 5.26 Å². The lowest BCUT2D eigenvalue weighted by atomic mass is 10.1. The van der Waals surface area contributed by atoms with E-state index < -0.39 is 5.82 Å². The third kappa shape index (κ3) is 1.54. The van der Waals surface area contributed by atoms with Gasteiger partial charge in [0.15, 0.2) is 0 Å². The number of rotatable bonds is 1. The summed E-state index contributed by atoms with van der Waals surface area (Å²) in [6.07, 6.45) is 1.33. The van der Waals surface area contributed by atoms with Crippen molar-refractivity contribution in [2.24, 2.45) is 5.84 Å². The van der Waals surface area contributed by atoms with Gasteiger partial charge in [-0.1, -0.05) is 11.6 Å². The first-order valence-electron chi connectivity index (χ1n) is 4.32. The van der Waals surface area contributed by atoms with Crippen LogP contribution in [0.1, 0.15) is 5.56 Å². The van der Waals surface area contributed by atoms with E-state index in [9.17, 15) is 4.39 Å². The molecule has 2 aromatic rings. The minimum atomic E-state index is -0.508. The quantitative estimate of drug-likeness (QED) is 0.588. The molecule has 0 aliphatic heterocycles. The number of nitrogens with zero attached hydrogens (tertiary/aromatic N) is 2. The number of fused-ring (bicyclic) bond motifs is 1. The second-order valence-electron chi connectivity index (χ2n) is 3.09. The highest BCUT2D eigenvalue weighted by Gasteiger charge is 2.11. The number of nitrogens with one attached hydrogen (secondary N) is 1. The molecule has 0 radical (unpaired) electrons. The standard InChI is InChI=1S/C10H6ClFN4/c11-8-2-6(12)1-7-9(16-14)5(3-13)4-15-10(7)8/h1-2,4H,14H2,(H,15,16). The van der Waals surface area contributed by atoms with Crippen molar-refractivity contribution in [3.8, 4) is 6.07 Å². The predicted molar refractivity (Wildman–Crippen MR) is 59.2 cm³/mol. The molecule has 3 N–H and O–H groups in total. The molecule has 1 aromatic carbocycles. The number of hydrogen-bond acceptors (Lipinski definition) is 4. The predicted octanol–water partition coefficient (Wildman–Crippen LogP) is 2.18. The van der Waals surface area contributed by atoms with Crippen molar-refractivity contribution < 1.29 is 4.39 Å². The monoisotopic (exact) mass is 236 g/mol. The van der Waals surface area contributed by atoms with Crippen molar-refractivity contribution in [3.05, 3.63) is 34.7 Å². The number of halogens is 2. The van der Waals surface area contributed by atoms with E-state index in [4.69, 9.17) is 22.7 Å². The molecule has 0 aliphatic rings. The zero-order valence-corrected chi connectivity index (χ0v) is 8.72. The molecule has 0 amide bonds. The summed E-state index contributed by atoms with van der Waals surface area (Å²) in [4.78, 5) is 3.98. The molecule has 0 aliphatic carbocycles. The average molecular weight is 237 g/mol. The average Bonchev–Trinajstić information content (AvgIpc) is 2.27. The number of nitriles is 1. The lowest BCUT2D eigenvalue weighted by molar-refractivity contribution is 0.629. The van der Waals surface area contributed by atoms with Crippen LogP contribution in [0, 0.1) is 17.1 Å². The van der Waals surface area contributed by atoms with Crippen LogP contribution in [0.5, 0.6) is 0 Å². The van der Waals surface area contributed by atoms with E-state index in [-0.39, 0.29) is 10.6 Å². The molecule has 80 valence electrons. The summed E-state index contributed by atoms with van der Waals surface area (Å²) in [6.45, 7) is 0. The van der Waals surface area contributed by atoms with Crippen LogP contribution in [0.2, 0.25) is 5.02 Å². The molecule has 6 heteroatoms. The van der Waals surface area contributed by atoms with Gasteiger partial charge in [0.25, 0.3) is 0 Å². The maximum Gasteiger partial charge on any atom is 0.125 e. The summed E-state index contributed by atoms with van der Waals surface area (Å²) >= 11 is 5.83. The van der Waals surface area contributed by atoms with E-state index in [1.54, 1.807) is 0 Å². The summed E-state index contributed by atoms with van der Waals surface area (Å²) in [5.74, 6) is 4.79. The molecule has 0 bridgehead atoms. The molecule has 0 fully saturated rings. The van der Waals surface area contributed by atoms with Gasteiger partial charge in [0.05, 0.1) is 21.8 Å². The van der Waals surface area contributed by atoms with E-state index >= 15 is 0 Å². The van der Waals surface area contributed by atoms with Crippen molar-refractivity contribution in [2.75, 3.05) is 5.43 Å². The van der Waals surface area contributed by atoms with E-state index in [2.05, 4.69) is 10.4 Å². The van der Waals surface area contributed by atoms with E-state index in [0.29, 0.717) is 16.6 Å². The molecular weight excluding hydrogens is 231 g/mol. The number of nitrogens with two attached hydrogens (primary N) is 1. The van der Waals surface area contributed by atoms with Gasteiger partial charge in [-0.15, -0.1) is 0 Å². The molecule has 0 unspecified atom stereocenters. The molecule has 0 saturated heterocycles. The first kappa shape index (κ1) is 10.6. The zero-order chi connectivity index (χ0) is 11.7. The number of hydrazine groups is 1. The Bertz CT molecular complexity index is 606. The van der Waals surface area contributed by atoms with Crippen LogP contribution >= 0.6 is 11.6 Å². The van der Waals surface area contributed by atoms with Crippen LogP contribution in [0.25, 0.3) is 10.9 Å². The molecule has 1 heterocycles. The summed E-state index contributed by atoms with van der Waals surface area (Å²) in [5.41, 5.74) is 3.30. The third-order valence-corrected chi connectivity index (χ3v) is 2.44. The Labute approximate surface area is 95.4 Å². The first-order valence-corrected chi connectivity index (χ1v) is 4.69. The van der Waals surface area contributed by atoms with Gasteiger partial charge in [-0.25, -0.2) is 4.39 Å². The minimum Gasteiger partial charge on any atom is -0.322 e. The highest BCUT2D eigenvalue weighted by atomic mass is 35.5. The van der Waals surface area contributed by atoms with Gasteiger partial charge >= 0.3 is 0 Å². The SMILES string of the molecule is N#Cc1cnc2c(Cl)cc(F)cc2c1NN. The second-order valence-corrected chi connectivity index (χ2v) is 3.49. The van der Waals surface area contributed by atoms with Crippen molar-refractivity contribution in [1.29, 1.82) is 5.26 Å². The molecule has 2 rings (SSSR count). The van der Waals surface area contributed by atoms with Gasteiger partial charge in [0.2, 0.25) is 0 Å². The number of benzene rings is 1. The molecule has 1 aromatic heterocycles. The topological polar surface area (TPSA) is 74.7 Å². The maximum atomic E-state index is 13.2. The van der Waals surface area contributed by atoms with Gasteiger partial charge in [0.1, 0.15) is 11.9 Å². The fourth-order valence-corrected chi connectivity index (χ4v) is 1.72. The summed E-state index contributed by atoms with van der Waals surface area (Å²) in [7, 11) is 0. The van der Waals surface area contributed by atoms with Gasteiger partial charge in [0, 0.05) is 11.6 Å². The Kier molecular flexibility index (Phi) is 2.60. The first-order chi connectivity index (χ1) is 7.67. The smallest absolute Gasteiger partial charge is 0.125 e. The van der Waals surface area contributed by atoms with Crippen molar-refractivity contribution in [1.82, 2.24) is 4.98 Å². The van der Waals surface area contributed by atoms with Crippen molar-refractivity contribution >= 4 is 28.2 Å². The summed E-state index contributed by atoms with van der Waals surface area (Å²) in [6, 6.07) is 4.29. The molecule has 0 saturated carbocycles. The van der Waals surface area contributed by atoms with Crippen LogP contribution in [-0.2, 0) is 0 Å². The van der Waals surface area contributed by atoms with Crippen molar-refractivity contribution in [2.45, 2.75) is 0 Å². The fourth-order valence-electron chi connectivity index (χ4n) is 1.47. The molecule has 16 heavy (non-hydrogen) atoms. The van der Waals surface area contributed by atoms with Crippen LogP contribution in [0.15, 0.2) is 18.3 Å². The molecule has 0 atom stereocenters. The number of hydrogen-bond donors (Lipinski definition) is 2. The van der Waals surface area contributed by atoms with E-state index in [1.165, 1.54) is 12.3 Å². The molecule has 0 spiro atoms. The van der Waals surface area contributed by atoms with Crippen LogP contribution in [0.3, 0.4) is 0 Å². The number of nitrogen functional groups attached to an aromatic ring is 1. The Morgan fingerprint density at radius 3 is 2.88 bits per heavy atom. The van der Waals surface area contributed by atoms with Crippen LogP contribution in [-0.4, -0.2) is 4.98 Å². The minimum absolute atomic E-state index is 0.177. The highest BCUT2D eigenvalue weighted by molar-refractivity contribution is 6.35. The maximum absolute atomic E-state index is 13.2. The lowest BCUT2D eigenvalue weighted by Gasteiger charge is -2.08. The summed E-state index contributed by atoms with van der Waals surface area (Å²) in [5, 5.41) is 9.39. The number of anilines is 1. The number of pyridine rings is 1. The Morgan fingerprint density at radius 1 is 1.50 bits per heavy atom. The molecule has 4 nitrogen and oxygen atoms in total. The van der Waals surface area contributed by atoms with Gasteiger partial charge in [-0.05, 0) is 12.1 Å². The van der Waals surface area contributed by atoms with E-state index in [1.807, 2.05) is 6.07 Å². The summed E-state index contributed by atoms with van der Waals surface area (Å²) < 4.78 is 13.2. The zero-order valence-electron chi connectivity index (χ0n) is 7.96. The normalized spacial score (nSPS) is 10.1.